The number of ether oxygens (including phenoxy) is 3. The lowest BCUT2D eigenvalue weighted by Gasteiger charge is -2.18. The normalized spacial score (nSPS) is 12.5. The van der Waals surface area contributed by atoms with Crippen LogP contribution in [0.3, 0.4) is 0 Å². The van der Waals surface area contributed by atoms with Gasteiger partial charge in [-0.25, -0.2) is 4.79 Å². The molecule has 0 spiro atoms. The van der Waals surface area contributed by atoms with E-state index in [4.69, 9.17) is 14.2 Å². The number of rotatable bonds is 4. The third kappa shape index (κ3) is 2.92. The van der Waals surface area contributed by atoms with Gasteiger partial charge in [0.25, 0.3) is 0 Å². The van der Waals surface area contributed by atoms with Gasteiger partial charge < -0.3 is 24.4 Å². The van der Waals surface area contributed by atoms with E-state index in [1.54, 1.807) is 23.2 Å². The van der Waals surface area contributed by atoms with Gasteiger partial charge in [-0.2, -0.15) is 0 Å². The molecule has 0 aliphatic carbocycles. The fourth-order valence-corrected chi connectivity index (χ4v) is 2.70. The van der Waals surface area contributed by atoms with Crippen molar-refractivity contribution >= 4 is 11.7 Å². The maximum absolute atomic E-state index is 12.5. The Kier molecular flexibility index (Phi) is 4.41. The number of urea groups is 1. The summed E-state index contributed by atoms with van der Waals surface area (Å²) in [4.78, 5) is 18.5. The first-order valence-corrected chi connectivity index (χ1v) is 7.45. The number of hydrogen-bond donors (Lipinski definition) is 1. The smallest absolute Gasteiger partial charge is 0.322 e. The summed E-state index contributed by atoms with van der Waals surface area (Å²) in [6.07, 6.45) is 1.74. The van der Waals surface area contributed by atoms with E-state index in [9.17, 15) is 4.79 Å². The quantitative estimate of drug-likeness (QED) is 0.933. The van der Waals surface area contributed by atoms with Crippen LogP contribution in [-0.2, 0) is 13.1 Å². The van der Waals surface area contributed by atoms with Gasteiger partial charge in [-0.3, -0.25) is 4.98 Å². The lowest BCUT2D eigenvalue weighted by Crippen LogP contribution is -2.30. The zero-order valence-corrected chi connectivity index (χ0v) is 13.8. The minimum atomic E-state index is -0.206. The fourth-order valence-electron chi connectivity index (χ4n) is 2.70. The molecule has 0 unspecified atom stereocenters. The lowest BCUT2D eigenvalue weighted by molar-refractivity contribution is 0.212. The highest BCUT2D eigenvalue weighted by atomic mass is 16.5. The van der Waals surface area contributed by atoms with Crippen molar-refractivity contribution in [2.45, 2.75) is 13.1 Å². The molecule has 1 aromatic carbocycles. The average Bonchev–Trinajstić information content (AvgIpc) is 3.05. The SMILES string of the molecule is COc1cc(NC(=O)N2Cc3cccnc3C2)cc(OC)c1OC. The van der Waals surface area contributed by atoms with Crippen LogP contribution in [0.2, 0.25) is 0 Å². The van der Waals surface area contributed by atoms with Crippen molar-refractivity contribution in [2.75, 3.05) is 26.6 Å². The third-order valence-electron chi connectivity index (χ3n) is 3.89. The molecule has 0 saturated carbocycles. The van der Waals surface area contributed by atoms with E-state index in [-0.39, 0.29) is 6.03 Å². The lowest BCUT2D eigenvalue weighted by atomic mass is 10.2. The van der Waals surface area contributed by atoms with Crippen LogP contribution in [0.4, 0.5) is 10.5 Å². The third-order valence-corrected chi connectivity index (χ3v) is 3.89. The van der Waals surface area contributed by atoms with Crippen LogP contribution in [0.1, 0.15) is 11.3 Å². The van der Waals surface area contributed by atoms with Crippen molar-refractivity contribution in [3.05, 3.63) is 41.7 Å². The molecule has 0 atom stereocenters. The summed E-state index contributed by atoms with van der Waals surface area (Å²) in [5.41, 5.74) is 2.56. The summed E-state index contributed by atoms with van der Waals surface area (Å²) < 4.78 is 15.9. The Balaban J connectivity index is 1.78. The van der Waals surface area contributed by atoms with E-state index < -0.39 is 0 Å². The Bertz CT molecular complexity index is 713. The number of hydrogen-bond acceptors (Lipinski definition) is 5. The number of benzene rings is 1. The Morgan fingerprint density at radius 1 is 1.12 bits per heavy atom. The van der Waals surface area contributed by atoms with Crippen molar-refractivity contribution in [1.82, 2.24) is 9.88 Å². The molecule has 126 valence electrons. The Hall–Kier alpha value is -2.96. The fraction of sp³-hybridized carbons (Fsp3) is 0.294. The van der Waals surface area contributed by atoms with Crippen LogP contribution < -0.4 is 19.5 Å². The van der Waals surface area contributed by atoms with Crippen LogP contribution in [0, 0.1) is 0 Å². The molecule has 0 fully saturated rings. The molecule has 7 heteroatoms. The van der Waals surface area contributed by atoms with E-state index in [0.29, 0.717) is 36.0 Å². The molecule has 3 rings (SSSR count). The van der Waals surface area contributed by atoms with Crippen molar-refractivity contribution in [1.29, 1.82) is 0 Å². The summed E-state index contributed by atoms with van der Waals surface area (Å²) in [6.45, 7) is 1.03. The van der Waals surface area contributed by atoms with Crippen LogP contribution >= 0.6 is 0 Å². The van der Waals surface area contributed by atoms with E-state index in [2.05, 4.69) is 10.3 Å². The van der Waals surface area contributed by atoms with Gasteiger partial charge in [0.2, 0.25) is 5.75 Å². The van der Waals surface area contributed by atoms with Crippen LogP contribution in [0.15, 0.2) is 30.5 Å². The molecular weight excluding hydrogens is 310 g/mol. The zero-order chi connectivity index (χ0) is 17.1. The molecule has 2 aromatic rings. The van der Waals surface area contributed by atoms with Crippen molar-refractivity contribution < 1.29 is 19.0 Å². The number of methoxy groups -OCH3 is 3. The average molecular weight is 329 g/mol. The second-order valence-corrected chi connectivity index (χ2v) is 5.31. The molecule has 1 aromatic heterocycles. The number of nitrogens with zero attached hydrogens (tertiary/aromatic N) is 2. The van der Waals surface area contributed by atoms with Crippen LogP contribution in [-0.4, -0.2) is 37.2 Å². The number of nitrogens with one attached hydrogen (secondary N) is 1. The number of anilines is 1. The van der Waals surface area contributed by atoms with Gasteiger partial charge in [-0.05, 0) is 11.6 Å². The minimum absolute atomic E-state index is 0.206. The Morgan fingerprint density at radius 2 is 1.83 bits per heavy atom. The summed E-state index contributed by atoms with van der Waals surface area (Å²) in [5, 5.41) is 2.86. The Morgan fingerprint density at radius 3 is 2.42 bits per heavy atom. The molecule has 1 N–H and O–H groups in total. The van der Waals surface area contributed by atoms with Gasteiger partial charge in [0.1, 0.15) is 0 Å². The number of carbonyl (C=O) groups is 1. The van der Waals surface area contributed by atoms with Gasteiger partial charge in [0.05, 0.1) is 39.3 Å². The number of pyridine rings is 1. The number of aromatic nitrogens is 1. The molecule has 0 bridgehead atoms. The maximum atomic E-state index is 12.5. The summed E-state index contributed by atoms with van der Waals surface area (Å²) in [7, 11) is 4.60. The van der Waals surface area contributed by atoms with E-state index >= 15 is 0 Å². The molecule has 0 saturated heterocycles. The predicted octanol–water partition coefficient (Wildman–Crippen LogP) is 2.66. The highest BCUT2D eigenvalue weighted by Crippen LogP contribution is 2.40. The standard InChI is InChI=1S/C17H19N3O4/c1-22-14-7-12(8-15(23-2)16(14)24-3)19-17(21)20-9-11-5-4-6-18-13(11)10-20/h4-8H,9-10H2,1-3H3,(H,19,21). The summed E-state index contributed by atoms with van der Waals surface area (Å²) in [5.74, 6) is 1.45. The van der Waals surface area contributed by atoms with Crippen molar-refractivity contribution in [3.8, 4) is 17.2 Å². The van der Waals surface area contributed by atoms with Crippen molar-refractivity contribution in [3.63, 3.8) is 0 Å². The van der Waals surface area contributed by atoms with Gasteiger partial charge in [-0.1, -0.05) is 6.07 Å². The molecular formula is C17H19N3O4. The first-order chi connectivity index (χ1) is 11.7. The molecule has 1 aliphatic rings. The molecule has 1 aliphatic heterocycles. The van der Waals surface area contributed by atoms with Gasteiger partial charge in [0, 0.05) is 24.9 Å². The van der Waals surface area contributed by atoms with E-state index in [1.165, 1.54) is 21.3 Å². The molecule has 2 heterocycles. The summed E-state index contributed by atoms with van der Waals surface area (Å²) in [6, 6.07) is 7.04. The van der Waals surface area contributed by atoms with Crippen molar-refractivity contribution in [2.24, 2.45) is 0 Å². The largest absolute Gasteiger partial charge is 0.493 e. The number of carbonyl (C=O) groups excluding carboxylic acids is 1. The first-order valence-electron chi connectivity index (χ1n) is 7.45. The number of fused-ring (bicyclic) bond motifs is 1. The highest BCUT2D eigenvalue weighted by Gasteiger charge is 2.24. The number of amides is 2. The van der Waals surface area contributed by atoms with Crippen LogP contribution in [0.5, 0.6) is 17.2 Å². The van der Waals surface area contributed by atoms with Gasteiger partial charge in [0.15, 0.2) is 11.5 Å². The molecule has 2 amide bonds. The second kappa shape index (κ2) is 6.66. The van der Waals surface area contributed by atoms with Gasteiger partial charge >= 0.3 is 6.03 Å². The predicted molar refractivity (Wildman–Crippen MR) is 88.6 cm³/mol. The second-order valence-electron chi connectivity index (χ2n) is 5.31. The van der Waals surface area contributed by atoms with E-state index in [0.717, 1.165) is 11.3 Å². The molecule has 24 heavy (non-hydrogen) atoms. The summed E-state index contributed by atoms with van der Waals surface area (Å²) >= 11 is 0. The van der Waals surface area contributed by atoms with Gasteiger partial charge in [-0.15, -0.1) is 0 Å². The Labute approximate surface area is 140 Å². The molecule has 0 radical (unpaired) electrons. The maximum Gasteiger partial charge on any atom is 0.322 e. The highest BCUT2D eigenvalue weighted by molar-refractivity contribution is 5.90. The zero-order valence-electron chi connectivity index (χ0n) is 13.8. The molecule has 7 nitrogen and oxygen atoms in total. The minimum Gasteiger partial charge on any atom is -0.493 e. The van der Waals surface area contributed by atoms with Crippen LogP contribution in [0.25, 0.3) is 0 Å². The topological polar surface area (TPSA) is 72.9 Å². The van der Waals surface area contributed by atoms with E-state index in [1.807, 2.05) is 12.1 Å². The first kappa shape index (κ1) is 15.9. The monoisotopic (exact) mass is 329 g/mol.